The van der Waals surface area contributed by atoms with Crippen LogP contribution in [-0.2, 0) is 25.7 Å². The first-order valence-corrected chi connectivity index (χ1v) is 10.6. The van der Waals surface area contributed by atoms with E-state index < -0.39 is 0 Å². The second-order valence-corrected chi connectivity index (χ2v) is 8.21. The molecule has 0 saturated carbocycles. The largest absolute Gasteiger partial charge is 0.367 e. The number of halogens is 1. The molecule has 1 aromatic carbocycles. The Bertz CT molecular complexity index is 744. The first-order chi connectivity index (χ1) is 14.1. The molecule has 2 unspecified atom stereocenters. The number of nitrogens with zero attached hydrogens (tertiary/aromatic N) is 3. The number of carbonyl (C=O) groups excluding carboxylic acids is 3. The Morgan fingerprint density at radius 3 is 2.40 bits per heavy atom. The number of fused-ring (bicyclic) bond motifs is 2. The van der Waals surface area contributed by atoms with Gasteiger partial charge >= 0.3 is 0 Å². The maximum atomic E-state index is 12.5. The van der Waals surface area contributed by atoms with Gasteiger partial charge in [0, 0.05) is 51.1 Å². The SMILES string of the molecule is Cl.O=C1CCCC(=O)N1CCCN1CC2CC1CN2C(=O)COCc1ccccc1. The Labute approximate surface area is 183 Å². The molecule has 3 amide bonds. The number of benzene rings is 1. The van der Waals surface area contributed by atoms with E-state index in [2.05, 4.69) is 4.90 Å². The van der Waals surface area contributed by atoms with Crippen LogP contribution in [0.5, 0.6) is 0 Å². The fraction of sp³-hybridized carbons (Fsp3) is 0.591. The molecule has 8 heteroatoms. The van der Waals surface area contributed by atoms with Crippen LogP contribution in [0.1, 0.15) is 37.7 Å². The summed E-state index contributed by atoms with van der Waals surface area (Å²) in [6.45, 7) is 3.58. The second-order valence-electron chi connectivity index (χ2n) is 8.21. The molecule has 0 aromatic heterocycles. The van der Waals surface area contributed by atoms with Gasteiger partial charge in [0.1, 0.15) is 6.61 Å². The number of hydrogen-bond acceptors (Lipinski definition) is 5. The third-order valence-corrected chi connectivity index (χ3v) is 6.22. The van der Waals surface area contributed by atoms with Crippen molar-refractivity contribution in [2.24, 2.45) is 0 Å². The summed E-state index contributed by atoms with van der Waals surface area (Å²) < 4.78 is 5.61. The molecule has 30 heavy (non-hydrogen) atoms. The van der Waals surface area contributed by atoms with E-state index in [4.69, 9.17) is 4.74 Å². The third kappa shape index (κ3) is 5.20. The summed E-state index contributed by atoms with van der Waals surface area (Å²) in [4.78, 5) is 42.1. The first-order valence-electron chi connectivity index (χ1n) is 10.6. The topological polar surface area (TPSA) is 70.2 Å². The van der Waals surface area contributed by atoms with Crippen LogP contribution in [0.15, 0.2) is 30.3 Å². The van der Waals surface area contributed by atoms with E-state index >= 15 is 0 Å². The van der Waals surface area contributed by atoms with Crippen molar-refractivity contribution in [3.05, 3.63) is 35.9 Å². The fourth-order valence-electron chi connectivity index (χ4n) is 4.72. The lowest BCUT2D eigenvalue weighted by molar-refractivity contribution is -0.148. The third-order valence-electron chi connectivity index (χ3n) is 6.22. The average Bonchev–Trinajstić information content (AvgIpc) is 3.31. The van der Waals surface area contributed by atoms with Gasteiger partial charge in [0.15, 0.2) is 0 Å². The van der Waals surface area contributed by atoms with Crippen LogP contribution in [0.25, 0.3) is 0 Å². The van der Waals surface area contributed by atoms with E-state index in [1.165, 1.54) is 4.90 Å². The summed E-state index contributed by atoms with van der Waals surface area (Å²) in [6, 6.07) is 10.5. The maximum Gasteiger partial charge on any atom is 0.248 e. The van der Waals surface area contributed by atoms with Crippen molar-refractivity contribution in [1.29, 1.82) is 0 Å². The Morgan fingerprint density at radius 1 is 1.00 bits per heavy atom. The van der Waals surface area contributed by atoms with Gasteiger partial charge in [-0.3, -0.25) is 24.2 Å². The molecule has 7 nitrogen and oxygen atoms in total. The predicted molar refractivity (Wildman–Crippen MR) is 114 cm³/mol. The molecule has 3 heterocycles. The molecular weight excluding hydrogens is 406 g/mol. The molecule has 3 aliphatic rings. The van der Waals surface area contributed by atoms with Crippen LogP contribution in [0.3, 0.4) is 0 Å². The molecule has 0 spiro atoms. The van der Waals surface area contributed by atoms with Crippen molar-refractivity contribution < 1.29 is 19.1 Å². The van der Waals surface area contributed by atoms with Gasteiger partial charge in [0.05, 0.1) is 6.61 Å². The monoisotopic (exact) mass is 435 g/mol. The number of piperazine rings is 1. The summed E-state index contributed by atoms with van der Waals surface area (Å²) in [5.41, 5.74) is 1.07. The first kappa shape index (κ1) is 22.7. The van der Waals surface area contributed by atoms with Crippen LogP contribution in [-0.4, -0.2) is 77.3 Å². The van der Waals surface area contributed by atoms with Gasteiger partial charge in [0.2, 0.25) is 17.7 Å². The van der Waals surface area contributed by atoms with Gasteiger partial charge in [0.25, 0.3) is 0 Å². The summed E-state index contributed by atoms with van der Waals surface area (Å²) in [7, 11) is 0. The van der Waals surface area contributed by atoms with Gasteiger partial charge in [-0.25, -0.2) is 0 Å². The van der Waals surface area contributed by atoms with Crippen molar-refractivity contribution in [3.63, 3.8) is 0 Å². The zero-order valence-corrected chi connectivity index (χ0v) is 18.0. The normalized spacial score (nSPS) is 23.7. The highest BCUT2D eigenvalue weighted by Crippen LogP contribution is 2.31. The van der Waals surface area contributed by atoms with Crippen molar-refractivity contribution in [1.82, 2.24) is 14.7 Å². The molecule has 164 valence electrons. The molecule has 3 aliphatic heterocycles. The Kier molecular flexibility index (Phi) is 7.86. The van der Waals surface area contributed by atoms with Crippen molar-refractivity contribution >= 4 is 30.1 Å². The number of likely N-dealkylation sites (tertiary alicyclic amines) is 3. The lowest BCUT2D eigenvalue weighted by atomic mass is 10.1. The summed E-state index contributed by atoms with van der Waals surface area (Å²) in [5.74, 6) is 0.00512. The van der Waals surface area contributed by atoms with Crippen LogP contribution in [0.4, 0.5) is 0 Å². The van der Waals surface area contributed by atoms with Gasteiger partial charge in [-0.1, -0.05) is 30.3 Å². The van der Waals surface area contributed by atoms with Crippen molar-refractivity contribution in [2.45, 2.75) is 50.8 Å². The fourth-order valence-corrected chi connectivity index (χ4v) is 4.72. The minimum Gasteiger partial charge on any atom is -0.367 e. The number of piperidine rings is 1. The molecule has 3 fully saturated rings. The highest BCUT2D eigenvalue weighted by Gasteiger charge is 2.44. The van der Waals surface area contributed by atoms with Crippen LogP contribution < -0.4 is 0 Å². The van der Waals surface area contributed by atoms with E-state index in [1.807, 2.05) is 35.2 Å². The predicted octanol–water partition coefficient (Wildman–Crippen LogP) is 1.84. The van der Waals surface area contributed by atoms with Crippen LogP contribution in [0, 0.1) is 0 Å². The Hall–Kier alpha value is -1.96. The van der Waals surface area contributed by atoms with Crippen molar-refractivity contribution in [3.8, 4) is 0 Å². The zero-order valence-electron chi connectivity index (χ0n) is 17.2. The quantitative estimate of drug-likeness (QED) is 0.583. The lowest BCUT2D eigenvalue weighted by Gasteiger charge is -2.34. The molecule has 2 bridgehead atoms. The number of carbonyl (C=O) groups is 3. The van der Waals surface area contributed by atoms with E-state index in [9.17, 15) is 14.4 Å². The maximum absolute atomic E-state index is 12.5. The molecule has 0 radical (unpaired) electrons. The smallest absolute Gasteiger partial charge is 0.248 e. The second kappa shape index (κ2) is 10.4. The zero-order chi connectivity index (χ0) is 20.2. The molecule has 0 aliphatic carbocycles. The minimum absolute atomic E-state index is 0. The van der Waals surface area contributed by atoms with Crippen LogP contribution >= 0.6 is 12.4 Å². The Balaban J connectivity index is 0.00000256. The number of rotatable bonds is 8. The van der Waals surface area contributed by atoms with E-state index in [0.717, 1.165) is 38.0 Å². The summed E-state index contributed by atoms with van der Waals surface area (Å²) in [5, 5.41) is 0. The lowest BCUT2D eigenvalue weighted by Crippen LogP contribution is -2.50. The number of amides is 3. The highest BCUT2D eigenvalue weighted by molar-refractivity contribution is 5.97. The molecule has 3 saturated heterocycles. The summed E-state index contributed by atoms with van der Waals surface area (Å²) >= 11 is 0. The van der Waals surface area contributed by atoms with E-state index in [0.29, 0.717) is 38.5 Å². The summed E-state index contributed by atoms with van der Waals surface area (Å²) in [6.07, 6.45) is 3.47. The standard InChI is InChI=1S/C22H29N3O4.ClH/c26-20-8-4-9-21(27)24(20)11-5-10-23-13-19-12-18(23)14-25(19)22(28)16-29-15-17-6-2-1-3-7-17;/h1-3,6-7,18-19H,4-5,8-16H2;1H. The van der Waals surface area contributed by atoms with Crippen molar-refractivity contribution in [2.75, 3.05) is 32.8 Å². The van der Waals surface area contributed by atoms with Crippen LogP contribution in [0.2, 0.25) is 0 Å². The minimum atomic E-state index is -0.0310. The van der Waals surface area contributed by atoms with Gasteiger partial charge in [-0.15, -0.1) is 12.4 Å². The molecular formula is C22H30ClN3O4. The van der Waals surface area contributed by atoms with Gasteiger partial charge < -0.3 is 9.64 Å². The van der Waals surface area contributed by atoms with E-state index in [-0.39, 0.29) is 42.8 Å². The molecule has 1 aromatic rings. The number of hydrogen-bond donors (Lipinski definition) is 0. The highest BCUT2D eigenvalue weighted by atomic mass is 35.5. The molecule has 0 N–H and O–H groups in total. The molecule has 2 atom stereocenters. The van der Waals surface area contributed by atoms with Gasteiger partial charge in [-0.05, 0) is 24.8 Å². The molecule has 4 rings (SSSR count). The van der Waals surface area contributed by atoms with E-state index in [1.54, 1.807) is 0 Å². The Morgan fingerprint density at radius 2 is 1.73 bits per heavy atom. The van der Waals surface area contributed by atoms with Gasteiger partial charge in [-0.2, -0.15) is 0 Å². The average molecular weight is 436 g/mol. The number of imide groups is 1. The number of ether oxygens (including phenoxy) is 1.